The lowest BCUT2D eigenvalue weighted by Crippen LogP contribution is -2.13. The van der Waals surface area contributed by atoms with Gasteiger partial charge < -0.3 is 20.1 Å². The molecular weight excluding hydrogens is 344 g/mol. The van der Waals surface area contributed by atoms with E-state index in [-0.39, 0.29) is 11.7 Å². The van der Waals surface area contributed by atoms with Crippen LogP contribution in [0.5, 0.6) is 11.5 Å². The van der Waals surface area contributed by atoms with Crippen molar-refractivity contribution in [3.63, 3.8) is 0 Å². The Bertz CT molecular complexity index is 918. The number of benzene rings is 2. The number of ether oxygens (including phenoxy) is 2. The van der Waals surface area contributed by atoms with Crippen molar-refractivity contribution in [1.82, 2.24) is 0 Å². The molecule has 0 spiro atoms. The maximum Gasteiger partial charge on any atom is 0.255 e. The van der Waals surface area contributed by atoms with E-state index >= 15 is 0 Å². The van der Waals surface area contributed by atoms with E-state index in [4.69, 9.17) is 9.47 Å². The molecule has 2 N–H and O–H groups in total. The number of allylic oxidation sites excluding steroid dienone is 2. The van der Waals surface area contributed by atoms with E-state index in [1.165, 1.54) is 0 Å². The highest BCUT2D eigenvalue weighted by molar-refractivity contribution is 6.05. The van der Waals surface area contributed by atoms with Gasteiger partial charge in [0.15, 0.2) is 5.78 Å². The van der Waals surface area contributed by atoms with Gasteiger partial charge in [0.1, 0.15) is 11.5 Å². The van der Waals surface area contributed by atoms with Crippen LogP contribution in [0.2, 0.25) is 0 Å². The molecule has 3 rings (SSSR count). The number of hydrogen-bond donors (Lipinski definition) is 2. The van der Waals surface area contributed by atoms with Gasteiger partial charge in [-0.15, -0.1) is 0 Å². The Morgan fingerprint density at radius 3 is 2.37 bits per heavy atom. The molecular formula is C21H22N2O4. The minimum atomic E-state index is -0.268. The largest absolute Gasteiger partial charge is 0.495 e. The number of methoxy groups -OCH3 is 2. The number of nitrogens with one attached hydrogen (secondary N) is 2. The first-order chi connectivity index (χ1) is 13.0. The van der Waals surface area contributed by atoms with Gasteiger partial charge in [-0.3, -0.25) is 9.59 Å². The minimum Gasteiger partial charge on any atom is -0.495 e. The van der Waals surface area contributed by atoms with Gasteiger partial charge >= 0.3 is 0 Å². The fraction of sp³-hybridized carbons (Fsp3) is 0.238. The third kappa shape index (κ3) is 3.95. The summed E-state index contributed by atoms with van der Waals surface area (Å²) in [7, 11) is 3.10. The first-order valence-corrected chi connectivity index (χ1v) is 8.66. The normalized spacial score (nSPS) is 13.5. The summed E-state index contributed by atoms with van der Waals surface area (Å²) in [6.07, 6.45) is 1.21. The Balaban J connectivity index is 1.81. The monoisotopic (exact) mass is 366 g/mol. The van der Waals surface area contributed by atoms with Gasteiger partial charge in [-0.05, 0) is 43.7 Å². The molecule has 0 radical (unpaired) electrons. The van der Waals surface area contributed by atoms with E-state index in [9.17, 15) is 9.59 Å². The highest BCUT2D eigenvalue weighted by Crippen LogP contribution is 2.31. The van der Waals surface area contributed by atoms with Crippen LogP contribution in [0.3, 0.4) is 0 Å². The molecule has 6 heteroatoms. The summed E-state index contributed by atoms with van der Waals surface area (Å²) < 4.78 is 10.7. The lowest BCUT2D eigenvalue weighted by Gasteiger charge is -2.14. The van der Waals surface area contributed by atoms with Crippen molar-refractivity contribution in [3.8, 4) is 11.5 Å². The van der Waals surface area contributed by atoms with Crippen LogP contribution in [-0.2, 0) is 4.79 Å². The zero-order chi connectivity index (χ0) is 19.4. The molecule has 1 aliphatic carbocycles. The summed E-state index contributed by atoms with van der Waals surface area (Å²) in [5.41, 5.74) is 3.41. The zero-order valence-corrected chi connectivity index (χ0v) is 15.6. The molecule has 0 unspecified atom stereocenters. The molecule has 0 heterocycles. The van der Waals surface area contributed by atoms with Gasteiger partial charge in [0, 0.05) is 23.3 Å². The van der Waals surface area contributed by atoms with Crippen LogP contribution >= 0.6 is 0 Å². The predicted octanol–water partition coefficient (Wildman–Crippen LogP) is 4.00. The number of amides is 1. The first-order valence-electron chi connectivity index (χ1n) is 8.66. The summed E-state index contributed by atoms with van der Waals surface area (Å²) in [4.78, 5) is 24.3. The second-order valence-corrected chi connectivity index (χ2v) is 6.22. The van der Waals surface area contributed by atoms with E-state index in [2.05, 4.69) is 10.6 Å². The van der Waals surface area contributed by atoms with Crippen molar-refractivity contribution in [2.75, 3.05) is 24.9 Å². The Morgan fingerprint density at radius 2 is 1.70 bits per heavy atom. The smallest absolute Gasteiger partial charge is 0.255 e. The summed E-state index contributed by atoms with van der Waals surface area (Å²) in [5.74, 6) is 1.01. The van der Waals surface area contributed by atoms with E-state index < -0.39 is 0 Å². The molecule has 1 aliphatic rings. The van der Waals surface area contributed by atoms with E-state index in [1.54, 1.807) is 44.6 Å². The summed E-state index contributed by atoms with van der Waals surface area (Å²) in [6.45, 7) is 1.82. The summed E-state index contributed by atoms with van der Waals surface area (Å²) in [5, 5.41) is 6.10. The Morgan fingerprint density at radius 1 is 0.963 bits per heavy atom. The fourth-order valence-electron chi connectivity index (χ4n) is 2.98. The van der Waals surface area contributed by atoms with Gasteiger partial charge in [0.2, 0.25) is 0 Å². The van der Waals surface area contributed by atoms with E-state index in [0.717, 1.165) is 17.0 Å². The Labute approximate surface area is 158 Å². The highest BCUT2D eigenvalue weighted by atomic mass is 16.5. The molecule has 0 atom stereocenters. The van der Waals surface area contributed by atoms with Crippen molar-refractivity contribution < 1.29 is 19.1 Å². The van der Waals surface area contributed by atoms with Crippen molar-refractivity contribution >= 4 is 23.1 Å². The lowest BCUT2D eigenvalue weighted by molar-refractivity contribution is -0.114. The highest BCUT2D eigenvalue weighted by Gasteiger charge is 2.20. The van der Waals surface area contributed by atoms with Crippen LogP contribution < -0.4 is 20.1 Å². The van der Waals surface area contributed by atoms with Crippen LogP contribution in [0.15, 0.2) is 53.7 Å². The molecule has 0 aliphatic heterocycles. The number of Topliss-reactive ketones (excluding diaryl/α,β-unsaturated/α-hetero) is 1. The quantitative estimate of drug-likeness (QED) is 0.808. The van der Waals surface area contributed by atoms with Crippen molar-refractivity contribution in [2.45, 2.75) is 19.8 Å². The lowest BCUT2D eigenvalue weighted by atomic mass is 10.1. The minimum absolute atomic E-state index is 0.157. The SMILES string of the molecule is COc1ccccc1NC(=O)c1ccc(NC2=C(C)C(=O)CC2)c(OC)c1. The number of rotatable bonds is 6. The maximum atomic E-state index is 12.6. The Kier molecular flexibility index (Phi) is 5.45. The van der Waals surface area contributed by atoms with Gasteiger partial charge in [-0.1, -0.05) is 12.1 Å². The molecule has 0 bridgehead atoms. The molecule has 27 heavy (non-hydrogen) atoms. The number of carbonyl (C=O) groups is 2. The van der Waals surface area contributed by atoms with Crippen LogP contribution in [0.25, 0.3) is 0 Å². The van der Waals surface area contributed by atoms with E-state index in [0.29, 0.717) is 35.6 Å². The maximum absolute atomic E-state index is 12.6. The van der Waals surface area contributed by atoms with Crippen LogP contribution in [0.1, 0.15) is 30.1 Å². The van der Waals surface area contributed by atoms with E-state index in [1.807, 2.05) is 19.1 Å². The second-order valence-electron chi connectivity index (χ2n) is 6.22. The molecule has 0 saturated carbocycles. The zero-order valence-electron chi connectivity index (χ0n) is 15.6. The number of ketones is 1. The standard InChI is InChI=1S/C21H22N2O4/c1-13-15(10-11-18(13)24)22-17-9-8-14(12-20(17)27-3)21(25)23-16-6-4-5-7-19(16)26-2/h4-9,12,22H,10-11H2,1-3H3,(H,23,25). The van der Waals surface area contributed by atoms with Gasteiger partial charge in [-0.25, -0.2) is 0 Å². The van der Waals surface area contributed by atoms with Crippen molar-refractivity contribution in [1.29, 1.82) is 0 Å². The fourth-order valence-corrected chi connectivity index (χ4v) is 2.98. The molecule has 2 aromatic rings. The predicted molar refractivity (Wildman–Crippen MR) is 105 cm³/mol. The molecule has 0 fully saturated rings. The molecule has 140 valence electrons. The Hall–Kier alpha value is -3.28. The van der Waals surface area contributed by atoms with Crippen LogP contribution in [0.4, 0.5) is 11.4 Å². The molecule has 2 aromatic carbocycles. The molecule has 6 nitrogen and oxygen atoms in total. The number of anilines is 2. The molecule has 0 saturated heterocycles. The number of carbonyl (C=O) groups excluding carboxylic acids is 2. The van der Waals surface area contributed by atoms with Crippen molar-refractivity contribution in [3.05, 3.63) is 59.3 Å². The van der Waals surface area contributed by atoms with Gasteiger partial charge in [0.25, 0.3) is 5.91 Å². The van der Waals surface area contributed by atoms with Gasteiger partial charge in [-0.2, -0.15) is 0 Å². The van der Waals surface area contributed by atoms with Gasteiger partial charge in [0.05, 0.1) is 25.6 Å². The topological polar surface area (TPSA) is 76.7 Å². The molecule has 1 amide bonds. The second kappa shape index (κ2) is 7.95. The average molecular weight is 366 g/mol. The third-order valence-electron chi connectivity index (χ3n) is 4.58. The molecule has 0 aromatic heterocycles. The van der Waals surface area contributed by atoms with Crippen LogP contribution in [0, 0.1) is 0 Å². The first kappa shape index (κ1) is 18.5. The van der Waals surface area contributed by atoms with Crippen LogP contribution in [-0.4, -0.2) is 25.9 Å². The number of para-hydroxylation sites is 2. The summed E-state index contributed by atoms with van der Waals surface area (Å²) in [6, 6.07) is 12.4. The summed E-state index contributed by atoms with van der Waals surface area (Å²) >= 11 is 0. The average Bonchev–Trinajstić information content (AvgIpc) is 3.00. The third-order valence-corrected chi connectivity index (χ3v) is 4.58. The van der Waals surface area contributed by atoms with Crippen molar-refractivity contribution in [2.24, 2.45) is 0 Å². The number of hydrogen-bond acceptors (Lipinski definition) is 5.